The Labute approximate surface area is 133 Å². The highest BCUT2D eigenvalue weighted by atomic mass is 16.4. The molecule has 0 aliphatic heterocycles. The summed E-state index contributed by atoms with van der Waals surface area (Å²) in [4.78, 5) is 22.7. The minimum Gasteiger partial charge on any atom is -0.480 e. The number of aryl methyl sites for hydroxylation is 1. The molecule has 3 rings (SSSR count). The van der Waals surface area contributed by atoms with Crippen molar-refractivity contribution in [2.75, 3.05) is 6.54 Å². The fraction of sp³-hybridized carbons (Fsp3) is 0.158. The second-order valence-electron chi connectivity index (χ2n) is 5.45. The van der Waals surface area contributed by atoms with Crippen LogP contribution in [0.25, 0.3) is 21.5 Å². The number of nitrogens with one attached hydrogen (secondary N) is 1. The lowest BCUT2D eigenvalue weighted by Gasteiger charge is -2.10. The van der Waals surface area contributed by atoms with Gasteiger partial charge in [0.25, 0.3) is 5.91 Å². The van der Waals surface area contributed by atoms with E-state index < -0.39 is 5.97 Å². The topological polar surface area (TPSA) is 66.4 Å². The smallest absolute Gasteiger partial charge is 0.322 e. The van der Waals surface area contributed by atoms with E-state index in [0.29, 0.717) is 5.56 Å². The Morgan fingerprint density at radius 3 is 2.43 bits per heavy atom. The monoisotopic (exact) mass is 307 g/mol. The number of aliphatic carboxylic acids is 1. The van der Waals surface area contributed by atoms with Gasteiger partial charge in [-0.25, -0.2) is 0 Å². The summed E-state index contributed by atoms with van der Waals surface area (Å²) in [7, 11) is 0. The Balaban J connectivity index is 2.14. The first-order valence-corrected chi connectivity index (χ1v) is 7.54. The van der Waals surface area contributed by atoms with Crippen LogP contribution in [0.1, 0.15) is 22.8 Å². The van der Waals surface area contributed by atoms with E-state index in [-0.39, 0.29) is 12.5 Å². The third-order valence-electron chi connectivity index (χ3n) is 3.99. The normalized spacial score (nSPS) is 10.8. The van der Waals surface area contributed by atoms with Crippen LogP contribution in [-0.4, -0.2) is 23.5 Å². The number of carboxylic acids is 1. The lowest BCUT2D eigenvalue weighted by Crippen LogP contribution is -2.29. The highest BCUT2D eigenvalue weighted by Gasteiger charge is 2.10. The van der Waals surface area contributed by atoms with Gasteiger partial charge in [0, 0.05) is 5.56 Å². The summed E-state index contributed by atoms with van der Waals surface area (Å²) in [6.45, 7) is 1.74. The van der Waals surface area contributed by atoms with Gasteiger partial charge in [-0.05, 0) is 45.7 Å². The highest BCUT2D eigenvalue weighted by Crippen LogP contribution is 2.29. The van der Waals surface area contributed by atoms with E-state index in [0.717, 1.165) is 22.6 Å². The number of rotatable bonds is 4. The van der Waals surface area contributed by atoms with Crippen molar-refractivity contribution in [2.45, 2.75) is 13.3 Å². The van der Waals surface area contributed by atoms with Crippen LogP contribution in [0.4, 0.5) is 0 Å². The first kappa shape index (κ1) is 15.0. The molecule has 0 unspecified atom stereocenters. The third kappa shape index (κ3) is 2.88. The summed E-state index contributed by atoms with van der Waals surface area (Å²) in [5.74, 6) is -1.44. The van der Waals surface area contributed by atoms with Crippen LogP contribution in [0.5, 0.6) is 0 Å². The van der Waals surface area contributed by atoms with Gasteiger partial charge in [-0.3, -0.25) is 9.59 Å². The molecule has 0 aliphatic carbocycles. The Kier molecular flexibility index (Phi) is 3.98. The molecule has 4 nitrogen and oxygen atoms in total. The summed E-state index contributed by atoms with van der Waals surface area (Å²) in [5, 5.41) is 15.4. The average molecular weight is 307 g/mol. The van der Waals surface area contributed by atoms with Crippen molar-refractivity contribution in [1.82, 2.24) is 5.32 Å². The third-order valence-corrected chi connectivity index (χ3v) is 3.99. The van der Waals surface area contributed by atoms with E-state index in [1.807, 2.05) is 24.3 Å². The van der Waals surface area contributed by atoms with Crippen LogP contribution in [0.2, 0.25) is 0 Å². The Morgan fingerprint density at radius 1 is 1.00 bits per heavy atom. The van der Waals surface area contributed by atoms with E-state index in [2.05, 4.69) is 30.4 Å². The summed E-state index contributed by atoms with van der Waals surface area (Å²) < 4.78 is 0. The molecule has 0 atom stereocenters. The summed E-state index contributed by atoms with van der Waals surface area (Å²) in [6, 6.07) is 15.8. The van der Waals surface area contributed by atoms with Crippen LogP contribution in [0.15, 0.2) is 48.5 Å². The van der Waals surface area contributed by atoms with Gasteiger partial charge < -0.3 is 10.4 Å². The van der Waals surface area contributed by atoms with Crippen molar-refractivity contribution >= 4 is 33.4 Å². The van der Waals surface area contributed by atoms with Crippen molar-refractivity contribution in [3.8, 4) is 0 Å². The Bertz CT molecular complexity index is 915. The van der Waals surface area contributed by atoms with E-state index in [9.17, 15) is 9.59 Å². The van der Waals surface area contributed by atoms with Crippen LogP contribution in [0.3, 0.4) is 0 Å². The molecule has 0 heterocycles. The number of benzene rings is 3. The maximum Gasteiger partial charge on any atom is 0.322 e. The molecule has 0 spiro atoms. The Morgan fingerprint density at radius 2 is 1.74 bits per heavy atom. The van der Waals surface area contributed by atoms with E-state index in [1.165, 1.54) is 10.9 Å². The zero-order valence-electron chi connectivity index (χ0n) is 12.8. The van der Waals surface area contributed by atoms with Crippen molar-refractivity contribution in [3.05, 3.63) is 59.7 Å². The van der Waals surface area contributed by atoms with Gasteiger partial charge >= 0.3 is 5.97 Å². The average Bonchev–Trinajstić information content (AvgIpc) is 2.58. The number of hydrogen-bond donors (Lipinski definition) is 2. The lowest BCUT2D eigenvalue weighted by molar-refractivity contribution is -0.135. The molecule has 0 aromatic heterocycles. The molecule has 23 heavy (non-hydrogen) atoms. The molecule has 0 radical (unpaired) electrons. The summed E-state index contributed by atoms with van der Waals surface area (Å²) >= 11 is 0. The molecule has 116 valence electrons. The van der Waals surface area contributed by atoms with Gasteiger partial charge in [-0.15, -0.1) is 0 Å². The van der Waals surface area contributed by atoms with Crippen molar-refractivity contribution in [1.29, 1.82) is 0 Å². The minimum absolute atomic E-state index is 0.377. The minimum atomic E-state index is -1.06. The predicted octanol–water partition coefficient (Wildman–Crippen LogP) is 3.37. The number of carbonyl (C=O) groups excluding carboxylic acids is 1. The lowest BCUT2D eigenvalue weighted by atomic mass is 9.95. The van der Waals surface area contributed by atoms with Crippen molar-refractivity contribution < 1.29 is 14.7 Å². The van der Waals surface area contributed by atoms with Gasteiger partial charge in [0.2, 0.25) is 0 Å². The highest BCUT2D eigenvalue weighted by molar-refractivity contribution is 6.11. The van der Waals surface area contributed by atoms with Gasteiger partial charge in [0.15, 0.2) is 0 Å². The first-order chi connectivity index (χ1) is 11.1. The molecule has 0 bridgehead atoms. The molecule has 0 saturated carbocycles. The van der Waals surface area contributed by atoms with Crippen LogP contribution in [0, 0.1) is 0 Å². The molecule has 3 aromatic carbocycles. The number of carbonyl (C=O) groups is 2. The molecule has 1 amide bonds. The quantitative estimate of drug-likeness (QED) is 0.726. The largest absolute Gasteiger partial charge is 0.480 e. The standard InChI is InChI=1S/C19H17NO3/c1-2-12-9-13-7-8-14(19(23)20-11-18(21)22)10-17(13)16-6-4-3-5-15(12)16/h3-10H,2,11H2,1H3,(H,20,23)(H,21,22). The number of hydrogen-bond acceptors (Lipinski definition) is 2. The summed E-state index contributed by atoms with van der Waals surface area (Å²) in [5.41, 5.74) is 1.74. The molecule has 4 heteroatoms. The summed E-state index contributed by atoms with van der Waals surface area (Å²) in [6.07, 6.45) is 0.942. The fourth-order valence-corrected chi connectivity index (χ4v) is 2.87. The zero-order valence-corrected chi connectivity index (χ0v) is 12.8. The van der Waals surface area contributed by atoms with Crippen LogP contribution in [-0.2, 0) is 11.2 Å². The van der Waals surface area contributed by atoms with E-state index in [4.69, 9.17) is 5.11 Å². The number of carboxylic acid groups (broad SMARTS) is 1. The fourth-order valence-electron chi connectivity index (χ4n) is 2.87. The van der Waals surface area contributed by atoms with Gasteiger partial charge in [-0.1, -0.05) is 43.3 Å². The van der Waals surface area contributed by atoms with Crippen LogP contribution >= 0.6 is 0 Å². The van der Waals surface area contributed by atoms with E-state index in [1.54, 1.807) is 6.07 Å². The van der Waals surface area contributed by atoms with E-state index >= 15 is 0 Å². The van der Waals surface area contributed by atoms with Gasteiger partial charge in [0.1, 0.15) is 6.54 Å². The zero-order chi connectivity index (χ0) is 16.4. The molecule has 0 fully saturated rings. The number of amides is 1. The number of fused-ring (bicyclic) bond motifs is 3. The molecule has 2 N–H and O–H groups in total. The van der Waals surface area contributed by atoms with Crippen molar-refractivity contribution in [3.63, 3.8) is 0 Å². The van der Waals surface area contributed by atoms with Gasteiger partial charge in [0.05, 0.1) is 0 Å². The second-order valence-corrected chi connectivity index (χ2v) is 5.45. The molecular weight excluding hydrogens is 290 g/mol. The SMILES string of the molecule is CCc1cc2ccc(C(=O)NCC(=O)O)cc2c2ccccc12. The Hall–Kier alpha value is -2.88. The first-order valence-electron chi connectivity index (χ1n) is 7.54. The molecule has 0 saturated heterocycles. The van der Waals surface area contributed by atoms with Crippen molar-refractivity contribution in [2.24, 2.45) is 0 Å². The molecular formula is C19H17NO3. The molecule has 3 aromatic rings. The second kappa shape index (κ2) is 6.08. The van der Waals surface area contributed by atoms with Crippen LogP contribution < -0.4 is 5.32 Å². The maximum atomic E-state index is 12.1. The predicted molar refractivity (Wildman–Crippen MR) is 90.8 cm³/mol. The maximum absolute atomic E-state index is 12.1. The van der Waals surface area contributed by atoms with Gasteiger partial charge in [-0.2, -0.15) is 0 Å². The molecule has 0 aliphatic rings.